The molecule has 1 atom stereocenters. The van der Waals surface area contributed by atoms with Gasteiger partial charge in [0, 0.05) is 36.0 Å². The van der Waals surface area contributed by atoms with Crippen molar-refractivity contribution in [3.8, 4) is 0 Å². The normalized spacial score (nSPS) is 19.9. The summed E-state index contributed by atoms with van der Waals surface area (Å²) >= 11 is 7.55. The van der Waals surface area contributed by atoms with Gasteiger partial charge in [0.05, 0.1) is 16.0 Å². The first-order valence-electron chi connectivity index (χ1n) is 11.8. The number of sulfonamides is 1. The second kappa shape index (κ2) is 10.5. The fraction of sp³-hybridized carbons (Fsp3) is 0.542. The lowest BCUT2D eigenvalue weighted by molar-refractivity contribution is -0.151. The van der Waals surface area contributed by atoms with Gasteiger partial charge in [0.15, 0.2) is 0 Å². The van der Waals surface area contributed by atoms with Crippen LogP contribution in [0.4, 0.5) is 0 Å². The zero-order valence-electron chi connectivity index (χ0n) is 20.1. The number of hydrogen-bond acceptors (Lipinski definition) is 7. The summed E-state index contributed by atoms with van der Waals surface area (Å²) in [4.78, 5) is 31.9. The summed E-state index contributed by atoms with van der Waals surface area (Å²) in [5, 5.41) is 2.99. The number of esters is 1. The molecule has 1 amide bonds. The van der Waals surface area contributed by atoms with Gasteiger partial charge in [-0.05, 0) is 64.2 Å². The van der Waals surface area contributed by atoms with Crippen molar-refractivity contribution < 1.29 is 22.7 Å². The summed E-state index contributed by atoms with van der Waals surface area (Å²) in [5.41, 5.74) is 1.16. The van der Waals surface area contributed by atoms with Crippen LogP contribution in [0.2, 0.25) is 5.02 Å². The van der Waals surface area contributed by atoms with Crippen molar-refractivity contribution in [2.24, 2.45) is 0 Å². The number of rotatable bonds is 6. The van der Waals surface area contributed by atoms with Crippen LogP contribution in [-0.4, -0.2) is 66.3 Å². The fourth-order valence-corrected chi connectivity index (χ4v) is 7.22. The van der Waals surface area contributed by atoms with Gasteiger partial charge in [0.25, 0.3) is 5.91 Å². The summed E-state index contributed by atoms with van der Waals surface area (Å²) in [6.45, 7) is 6.66. The maximum atomic E-state index is 13.1. The van der Waals surface area contributed by atoms with Gasteiger partial charge in [-0.1, -0.05) is 17.7 Å². The Morgan fingerprint density at radius 3 is 2.54 bits per heavy atom. The average Bonchev–Trinajstić information content (AvgIpc) is 3.50. The van der Waals surface area contributed by atoms with Gasteiger partial charge in [-0.2, -0.15) is 4.31 Å². The Morgan fingerprint density at radius 1 is 1.17 bits per heavy atom. The molecule has 1 unspecified atom stereocenters. The zero-order valence-corrected chi connectivity index (χ0v) is 22.5. The first-order chi connectivity index (χ1) is 16.6. The van der Waals surface area contributed by atoms with Gasteiger partial charge in [-0.3, -0.25) is 4.79 Å². The van der Waals surface area contributed by atoms with Gasteiger partial charge < -0.3 is 9.64 Å². The van der Waals surface area contributed by atoms with Crippen LogP contribution in [0.15, 0.2) is 28.5 Å². The summed E-state index contributed by atoms with van der Waals surface area (Å²) in [6, 6.07) is 4.23. The lowest BCUT2D eigenvalue weighted by Crippen LogP contribution is -2.42. The largest absolute Gasteiger partial charge is 0.461 e. The minimum absolute atomic E-state index is 0.0786. The molecule has 8 nitrogen and oxygen atoms in total. The molecule has 2 aliphatic heterocycles. The standard InChI is InChI=1S/C24H30ClN3O5S2/c1-15(2)33-24(30)21-5-4-10-28(21)23(29)20-14-34-22(26-20)17-8-11-27(12-9-17)35(31,32)18-7-6-16(3)19(25)13-18/h6-7,13-15,17,21H,4-5,8-12H2,1-3H3. The third-order valence-electron chi connectivity index (χ3n) is 6.46. The number of ether oxygens (including phenoxy) is 1. The van der Waals surface area contributed by atoms with Crippen LogP contribution in [0.25, 0.3) is 0 Å². The van der Waals surface area contributed by atoms with E-state index in [0.29, 0.717) is 49.6 Å². The van der Waals surface area contributed by atoms with Crippen molar-refractivity contribution in [2.75, 3.05) is 19.6 Å². The molecule has 0 bridgehead atoms. The van der Waals surface area contributed by atoms with Crippen molar-refractivity contribution in [3.05, 3.63) is 44.9 Å². The summed E-state index contributed by atoms with van der Waals surface area (Å²) in [5.74, 6) is -0.549. The number of hydrogen-bond donors (Lipinski definition) is 0. The predicted octanol–water partition coefficient (Wildman–Crippen LogP) is 4.23. The molecule has 2 aromatic rings. The Morgan fingerprint density at radius 2 is 1.89 bits per heavy atom. The highest BCUT2D eigenvalue weighted by atomic mass is 35.5. The molecule has 3 heterocycles. The molecule has 2 saturated heterocycles. The van der Waals surface area contributed by atoms with Gasteiger partial charge >= 0.3 is 5.97 Å². The van der Waals surface area contributed by atoms with Crippen molar-refractivity contribution in [1.82, 2.24) is 14.2 Å². The quantitative estimate of drug-likeness (QED) is 0.510. The molecule has 190 valence electrons. The van der Waals surface area contributed by atoms with Crippen LogP contribution in [0, 0.1) is 6.92 Å². The van der Waals surface area contributed by atoms with Gasteiger partial charge in [-0.25, -0.2) is 18.2 Å². The number of carbonyl (C=O) groups excluding carboxylic acids is 2. The van der Waals surface area contributed by atoms with Crippen LogP contribution in [0.3, 0.4) is 0 Å². The Kier molecular flexibility index (Phi) is 7.85. The Balaban J connectivity index is 1.40. The van der Waals surface area contributed by atoms with E-state index in [1.54, 1.807) is 36.3 Å². The van der Waals surface area contributed by atoms with Crippen molar-refractivity contribution in [3.63, 3.8) is 0 Å². The van der Waals surface area contributed by atoms with Crippen LogP contribution in [0.1, 0.15) is 66.5 Å². The smallest absolute Gasteiger partial charge is 0.329 e. The number of carbonyl (C=O) groups is 2. The maximum absolute atomic E-state index is 13.1. The number of benzene rings is 1. The third-order valence-corrected chi connectivity index (χ3v) is 9.77. The molecule has 4 rings (SSSR count). The molecule has 0 saturated carbocycles. The van der Waals surface area contributed by atoms with Gasteiger partial charge in [0.2, 0.25) is 10.0 Å². The molecular weight excluding hydrogens is 510 g/mol. The number of likely N-dealkylation sites (tertiary alicyclic amines) is 1. The fourth-order valence-electron chi connectivity index (χ4n) is 4.51. The van der Waals surface area contributed by atoms with E-state index in [2.05, 4.69) is 4.98 Å². The Labute approximate surface area is 215 Å². The first kappa shape index (κ1) is 26.1. The third kappa shape index (κ3) is 5.55. The summed E-state index contributed by atoms with van der Waals surface area (Å²) in [6.07, 6.45) is 2.34. The summed E-state index contributed by atoms with van der Waals surface area (Å²) in [7, 11) is -3.62. The number of piperidine rings is 1. The first-order valence-corrected chi connectivity index (χ1v) is 14.5. The minimum atomic E-state index is -3.62. The molecule has 0 N–H and O–H groups in total. The topological polar surface area (TPSA) is 96.9 Å². The molecule has 1 aromatic heterocycles. The molecule has 0 spiro atoms. The zero-order chi connectivity index (χ0) is 25.3. The highest BCUT2D eigenvalue weighted by Gasteiger charge is 2.37. The predicted molar refractivity (Wildman–Crippen MR) is 134 cm³/mol. The SMILES string of the molecule is Cc1ccc(S(=O)(=O)N2CCC(c3nc(C(=O)N4CCCC4C(=O)OC(C)C)cs3)CC2)cc1Cl. The van der Waals surface area contributed by atoms with E-state index in [-0.39, 0.29) is 28.8 Å². The van der Waals surface area contributed by atoms with Crippen molar-refractivity contribution >= 4 is 44.8 Å². The number of thiazole rings is 1. The van der Waals surface area contributed by atoms with E-state index < -0.39 is 16.1 Å². The Bertz CT molecular complexity index is 1210. The lowest BCUT2D eigenvalue weighted by Gasteiger charge is -2.30. The van der Waals surface area contributed by atoms with Crippen LogP contribution in [-0.2, 0) is 19.6 Å². The van der Waals surface area contributed by atoms with E-state index in [0.717, 1.165) is 17.0 Å². The average molecular weight is 540 g/mol. The van der Waals surface area contributed by atoms with Gasteiger partial charge in [-0.15, -0.1) is 11.3 Å². The van der Waals surface area contributed by atoms with Crippen LogP contribution >= 0.6 is 22.9 Å². The highest BCUT2D eigenvalue weighted by molar-refractivity contribution is 7.89. The minimum Gasteiger partial charge on any atom is -0.461 e. The van der Waals surface area contributed by atoms with Gasteiger partial charge in [0.1, 0.15) is 11.7 Å². The monoisotopic (exact) mass is 539 g/mol. The van der Waals surface area contributed by atoms with Crippen molar-refractivity contribution in [1.29, 1.82) is 0 Å². The van der Waals surface area contributed by atoms with E-state index in [1.807, 2.05) is 6.92 Å². The number of amides is 1. The number of aromatic nitrogens is 1. The molecule has 11 heteroatoms. The number of aryl methyl sites for hydroxylation is 1. The molecule has 35 heavy (non-hydrogen) atoms. The van der Waals surface area contributed by atoms with E-state index in [1.165, 1.54) is 21.7 Å². The number of halogens is 1. The lowest BCUT2D eigenvalue weighted by atomic mass is 9.99. The summed E-state index contributed by atoms with van der Waals surface area (Å²) < 4.78 is 32.9. The second-order valence-electron chi connectivity index (χ2n) is 9.30. The number of nitrogens with zero attached hydrogens (tertiary/aromatic N) is 3. The molecule has 0 aliphatic carbocycles. The van der Waals surface area contributed by atoms with Crippen molar-refractivity contribution in [2.45, 2.75) is 69.4 Å². The maximum Gasteiger partial charge on any atom is 0.329 e. The molecule has 0 radical (unpaired) electrons. The van der Waals surface area contributed by atoms with E-state index in [9.17, 15) is 18.0 Å². The molecule has 2 fully saturated rings. The molecule has 1 aromatic carbocycles. The highest BCUT2D eigenvalue weighted by Crippen LogP contribution is 2.34. The van der Waals surface area contributed by atoms with E-state index >= 15 is 0 Å². The van der Waals surface area contributed by atoms with E-state index in [4.69, 9.17) is 16.3 Å². The van der Waals surface area contributed by atoms with Crippen LogP contribution < -0.4 is 0 Å². The molecular formula is C24H30ClN3O5S2. The molecule has 2 aliphatic rings. The Hall–Kier alpha value is -2.01. The van der Waals surface area contributed by atoms with Crippen LogP contribution in [0.5, 0.6) is 0 Å². The second-order valence-corrected chi connectivity index (χ2v) is 12.5.